The molecule has 0 saturated carbocycles. The van der Waals surface area contributed by atoms with Crippen LogP contribution in [0.2, 0.25) is 0 Å². The molecular formula is C15H15N3O2S. The van der Waals surface area contributed by atoms with Crippen molar-refractivity contribution < 1.29 is 4.74 Å². The van der Waals surface area contributed by atoms with E-state index in [2.05, 4.69) is 9.97 Å². The van der Waals surface area contributed by atoms with Gasteiger partial charge in [0.2, 0.25) is 0 Å². The number of nitrogens with zero attached hydrogens (tertiary/aromatic N) is 1. The molecule has 6 heteroatoms. The third kappa shape index (κ3) is 2.81. The molecule has 0 aliphatic carbocycles. The largest absolute Gasteiger partial charge is 0.485 e. The van der Waals surface area contributed by atoms with Gasteiger partial charge in [0.25, 0.3) is 5.56 Å². The number of H-pyrrole nitrogens is 1. The third-order valence-electron chi connectivity index (χ3n) is 3.16. The van der Waals surface area contributed by atoms with E-state index >= 15 is 0 Å². The minimum Gasteiger partial charge on any atom is -0.485 e. The Kier molecular flexibility index (Phi) is 3.72. The van der Waals surface area contributed by atoms with Gasteiger partial charge in [0.1, 0.15) is 22.9 Å². The topological polar surface area (TPSA) is 81.0 Å². The van der Waals surface area contributed by atoms with Crippen LogP contribution in [-0.2, 0) is 13.2 Å². The maximum Gasteiger partial charge on any atom is 0.268 e. The summed E-state index contributed by atoms with van der Waals surface area (Å²) in [5, 5.41) is 1.85. The van der Waals surface area contributed by atoms with E-state index in [4.69, 9.17) is 10.5 Å². The van der Waals surface area contributed by atoms with E-state index in [9.17, 15) is 4.79 Å². The molecule has 21 heavy (non-hydrogen) atoms. The van der Waals surface area contributed by atoms with Gasteiger partial charge < -0.3 is 15.5 Å². The summed E-state index contributed by atoms with van der Waals surface area (Å²) in [5.74, 6) is 1.23. The van der Waals surface area contributed by atoms with Crippen molar-refractivity contribution >= 4 is 21.6 Å². The number of aromatic amines is 1. The summed E-state index contributed by atoms with van der Waals surface area (Å²) in [5.41, 5.74) is 8.36. The predicted molar refractivity (Wildman–Crippen MR) is 83.6 cm³/mol. The first-order valence-corrected chi connectivity index (χ1v) is 7.44. The van der Waals surface area contributed by atoms with Gasteiger partial charge in [0.15, 0.2) is 0 Å². The second-order valence-electron chi connectivity index (χ2n) is 4.75. The van der Waals surface area contributed by atoms with Gasteiger partial charge in [0.05, 0.1) is 5.52 Å². The fraction of sp³-hybridized carbons (Fsp3) is 0.200. The Hall–Kier alpha value is -2.18. The van der Waals surface area contributed by atoms with Gasteiger partial charge in [-0.2, -0.15) is 0 Å². The number of benzene rings is 1. The van der Waals surface area contributed by atoms with Crippen LogP contribution < -0.4 is 16.0 Å². The van der Waals surface area contributed by atoms with Crippen LogP contribution in [0.3, 0.4) is 0 Å². The zero-order chi connectivity index (χ0) is 14.8. The third-order valence-corrected chi connectivity index (χ3v) is 4.07. The lowest BCUT2D eigenvalue weighted by Gasteiger charge is -2.10. The lowest BCUT2D eigenvalue weighted by atomic mass is 10.1. The van der Waals surface area contributed by atoms with Gasteiger partial charge in [-0.05, 0) is 24.4 Å². The summed E-state index contributed by atoms with van der Waals surface area (Å²) in [7, 11) is 0. The van der Waals surface area contributed by atoms with Crippen LogP contribution in [-0.4, -0.2) is 9.97 Å². The zero-order valence-corrected chi connectivity index (χ0v) is 12.4. The monoisotopic (exact) mass is 301 g/mol. The summed E-state index contributed by atoms with van der Waals surface area (Å²) in [6.07, 6.45) is 0. The van der Waals surface area contributed by atoms with Crippen molar-refractivity contribution in [3.05, 3.63) is 57.0 Å². The lowest BCUT2D eigenvalue weighted by Crippen LogP contribution is -2.13. The number of ether oxygens (including phenoxy) is 1. The van der Waals surface area contributed by atoms with Crippen LogP contribution in [0.4, 0.5) is 0 Å². The molecule has 0 bridgehead atoms. The molecule has 0 spiro atoms. The van der Waals surface area contributed by atoms with Gasteiger partial charge >= 0.3 is 0 Å². The SMILES string of the molecule is Cc1ccc(OCc2nc3ccsc3c(=O)[nH]2)c(CN)c1. The molecule has 3 rings (SSSR count). The van der Waals surface area contributed by atoms with Crippen LogP contribution in [0.25, 0.3) is 10.2 Å². The van der Waals surface area contributed by atoms with Crippen molar-refractivity contribution in [2.24, 2.45) is 5.73 Å². The number of nitrogens with one attached hydrogen (secondary N) is 1. The molecule has 0 saturated heterocycles. The van der Waals surface area contributed by atoms with E-state index in [1.807, 2.05) is 36.6 Å². The van der Waals surface area contributed by atoms with Crippen LogP contribution in [0.5, 0.6) is 5.75 Å². The molecule has 2 heterocycles. The zero-order valence-electron chi connectivity index (χ0n) is 11.6. The van der Waals surface area contributed by atoms with Crippen molar-refractivity contribution in [1.82, 2.24) is 9.97 Å². The highest BCUT2D eigenvalue weighted by atomic mass is 32.1. The molecule has 0 amide bonds. The van der Waals surface area contributed by atoms with Crippen molar-refractivity contribution in [2.45, 2.75) is 20.1 Å². The quantitative estimate of drug-likeness (QED) is 0.775. The van der Waals surface area contributed by atoms with Crippen LogP contribution in [0.1, 0.15) is 17.0 Å². The highest BCUT2D eigenvalue weighted by Gasteiger charge is 2.07. The average molecular weight is 301 g/mol. The van der Waals surface area contributed by atoms with E-state index in [-0.39, 0.29) is 12.2 Å². The molecular weight excluding hydrogens is 286 g/mol. The highest BCUT2D eigenvalue weighted by molar-refractivity contribution is 7.17. The van der Waals surface area contributed by atoms with Gasteiger partial charge in [-0.1, -0.05) is 17.7 Å². The van der Waals surface area contributed by atoms with Crippen molar-refractivity contribution in [3.8, 4) is 5.75 Å². The maximum absolute atomic E-state index is 11.9. The number of hydrogen-bond donors (Lipinski definition) is 2. The maximum atomic E-state index is 11.9. The molecule has 0 aliphatic rings. The summed E-state index contributed by atoms with van der Waals surface area (Å²) < 4.78 is 6.38. The molecule has 0 aliphatic heterocycles. The highest BCUT2D eigenvalue weighted by Crippen LogP contribution is 2.20. The number of fused-ring (bicyclic) bond motifs is 1. The van der Waals surface area contributed by atoms with Crippen LogP contribution in [0, 0.1) is 6.92 Å². The second kappa shape index (κ2) is 5.67. The standard InChI is InChI=1S/C15H15N3O2S/c1-9-2-3-12(10(6-9)7-16)20-8-13-17-11-4-5-21-14(11)15(19)18-13/h2-6H,7-8,16H2,1H3,(H,17,18,19). The normalized spacial score (nSPS) is 11.0. The molecule has 0 atom stereocenters. The number of hydrogen-bond acceptors (Lipinski definition) is 5. The molecule has 1 aromatic carbocycles. The number of rotatable bonds is 4. The van der Waals surface area contributed by atoms with E-state index in [1.54, 1.807) is 0 Å². The minimum absolute atomic E-state index is 0.128. The van der Waals surface area contributed by atoms with Crippen molar-refractivity contribution in [3.63, 3.8) is 0 Å². The molecule has 108 valence electrons. The number of aryl methyl sites for hydroxylation is 1. The fourth-order valence-corrected chi connectivity index (χ4v) is 2.87. The van der Waals surface area contributed by atoms with Crippen molar-refractivity contribution in [1.29, 1.82) is 0 Å². The van der Waals surface area contributed by atoms with Gasteiger partial charge in [-0.3, -0.25) is 4.79 Å². The van der Waals surface area contributed by atoms with E-state index in [0.29, 0.717) is 22.6 Å². The number of nitrogens with two attached hydrogens (primary N) is 1. The molecule has 0 fully saturated rings. The predicted octanol–water partition coefficient (Wildman–Crippen LogP) is 2.33. The Labute approximate surface area is 125 Å². The molecule has 5 nitrogen and oxygen atoms in total. The Morgan fingerprint density at radius 2 is 2.24 bits per heavy atom. The smallest absolute Gasteiger partial charge is 0.268 e. The summed E-state index contributed by atoms with van der Waals surface area (Å²) >= 11 is 1.38. The van der Waals surface area contributed by atoms with Gasteiger partial charge in [0, 0.05) is 12.1 Å². The Morgan fingerprint density at radius 3 is 3.05 bits per heavy atom. The number of thiophene rings is 1. The Morgan fingerprint density at radius 1 is 1.38 bits per heavy atom. The second-order valence-corrected chi connectivity index (χ2v) is 5.67. The van der Waals surface area contributed by atoms with E-state index < -0.39 is 0 Å². The lowest BCUT2D eigenvalue weighted by molar-refractivity contribution is 0.293. The van der Waals surface area contributed by atoms with Gasteiger partial charge in [-0.15, -0.1) is 11.3 Å². The average Bonchev–Trinajstić information content (AvgIpc) is 2.94. The minimum atomic E-state index is -0.128. The first-order valence-electron chi connectivity index (χ1n) is 6.56. The summed E-state index contributed by atoms with van der Waals surface area (Å²) in [6, 6.07) is 7.68. The molecule has 2 aromatic heterocycles. The summed E-state index contributed by atoms with van der Waals surface area (Å²) in [6.45, 7) is 2.62. The Bertz CT molecular complexity index is 838. The molecule has 0 unspecified atom stereocenters. The number of aromatic nitrogens is 2. The summed E-state index contributed by atoms with van der Waals surface area (Å²) in [4.78, 5) is 19.0. The molecule has 3 N–H and O–H groups in total. The van der Waals surface area contributed by atoms with Crippen LogP contribution >= 0.6 is 11.3 Å². The molecule has 0 radical (unpaired) electrons. The van der Waals surface area contributed by atoms with Crippen LogP contribution in [0.15, 0.2) is 34.4 Å². The van der Waals surface area contributed by atoms with Crippen molar-refractivity contribution in [2.75, 3.05) is 0 Å². The van der Waals surface area contributed by atoms with E-state index in [0.717, 1.165) is 16.9 Å². The molecule has 3 aromatic rings. The Balaban J connectivity index is 1.85. The van der Waals surface area contributed by atoms with E-state index in [1.165, 1.54) is 11.3 Å². The van der Waals surface area contributed by atoms with Gasteiger partial charge in [-0.25, -0.2) is 4.98 Å². The fourth-order valence-electron chi connectivity index (χ4n) is 2.14. The first kappa shape index (κ1) is 13.8. The first-order chi connectivity index (χ1) is 10.2.